The van der Waals surface area contributed by atoms with Crippen LogP contribution in [0.15, 0.2) is 18.2 Å². The van der Waals surface area contributed by atoms with Crippen LogP contribution in [-0.4, -0.2) is 28.4 Å². The molecule has 0 fully saturated rings. The Hall–Kier alpha value is -0.840. The molecule has 1 aromatic carbocycles. The van der Waals surface area contributed by atoms with Crippen LogP contribution in [0.4, 0.5) is 0 Å². The summed E-state index contributed by atoms with van der Waals surface area (Å²) < 4.78 is 0. The SMILES string of the molecule is Cc1cc(C=O)cc(C(O)C(O)CS)c1. The van der Waals surface area contributed by atoms with Gasteiger partial charge < -0.3 is 10.2 Å². The van der Waals surface area contributed by atoms with Gasteiger partial charge in [0, 0.05) is 11.3 Å². The van der Waals surface area contributed by atoms with Gasteiger partial charge in [-0.3, -0.25) is 4.79 Å². The van der Waals surface area contributed by atoms with Gasteiger partial charge in [0.05, 0.1) is 6.10 Å². The van der Waals surface area contributed by atoms with E-state index in [0.717, 1.165) is 11.8 Å². The summed E-state index contributed by atoms with van der Waals surface area (Å²) in [7, 11) is 0. The Labute approximate surface area is 94.2 Å². The molecular weight excluding hydrogens is 212 g/mol. The van der Waals surface area contributed by atoms with E-state index in [1.165, 1.54) is 0 Å². The summed E-state index contributed by atoms with van der Waals surface area (Å²) in [4.78, 5) is 10.6. The predicted octanol–water partition coefficient (Wildman–Crippen LogP) is 1.13. The first-order chi connectivity index (χ1) is 7.08. The molecule has 0 aromatic heterocycles. The second-order valence-electron chi connectivity index (χ2n) is 3.49. The molecule has 1 rings (SSSR count). The second kappa shape index (κ2) is 5.30. The molecule has 0 saturated heterocycles. The van der Waals surface area contributed by atoms with Crippen LogP contribution in [0.25, 0.3) is 0 Å². The van der Waals surface area contributed by atoms with E-state index in [0.29, 0.717) is 11.1 Å². The largest absolute Gasteiger partial charge is 0.389 e. The zero-order valence-corrected chi connectivity index (χ0v) is 9.32. The monoisotopic (exact) mass is 226 g/mol. The molecule has 2 unspecified atom stereocenters. The molecule has 0 spiro atoms. The number of carbonyl (C=O) groups is 1. The van der Waals surface area contributed by atoms with Crippen molar-refractivity contribution in [3.63, 3.8) is 0 Å². The van der Waals surface area contributed by atoms with Gasteiger partial charge in [0.2, 0.25) is 0 Å². The standard InChI is InChI=1S/C11H14O3S/c1-7-2-8(5-12)4-9(3-7)11(14)10(13)6-15/h2-5,10-11,13-15H,6H2,1H3. The first-order valence-corrected chi connectivity index (χ1v) is 5.25. The Morgan fingerprint density at radius 1 is 1.40 bits per heavy atom. The molecule has 82 valence electrons. The highest BCUT2D eigenvalue weighted by atomic mass is 32.1. The molecule has 0 aliphatic heterocycles. The summed E-state index contributed by atoms with van der Waals surface area (Å²) in [5.41, 5.74) is 1.91. The van der Waals surface area contributed by atoms with E-state index in [-0.39, 0.29) is 5.75 Å². The minimum absolute atomic E-state index is 0.172. The van der Waals surface area contributed by atoms with Crippen molar-refractivity contribution in [3.05, 3.63) is 34.9 Å². The summed E-state index contributed by atoms with van der Waals surface area (Å²) in [5.74, 6) is 0.172. The molecule has 2 atom stereocenters. The lowest BCUT2D eigenvalue weighted by molar-refractivity contribution is 0.0337. The van der Waals surface area contributed by atoms with Gasteiger partial charge in [-0.2, -0.15) is 12.6 Å². The summed E-state index contributed by atoms with van der Waals surface area (Å²) in [6.07, 6.45) is -1.20. The maximum atomic E-state index is 10.6. The Morgan fingerprint density at radius 2 is 2.07 bits per heavy atom. The predicted molar refractivity (Wildman–Crippen MR) is 61.4 cm³/mol. The van der Waals surface area contributed by atoms with Crippen molar-refractivity contribution in [2.45, 2.75) is 19.1 Å². The summed E-state index contributed by atoms with van der Waals surface area (Å²) in [6, 6.07) is 5.03. The Kier molecular flexibility index (Phi) is 4.32. The molecule has 0 saturated carbocycles. The van der Waals surface area contributed by atoms with Crippen molar-refractivity contribution in [2.24, 2.45) is 0 Å². The molecule has 0 amide bonds. The van der Waals surface area contributed by atoms with Crippen molar-refractivity contribution in [2.75, 3.05) is 5.75 Å². The number of hydrogen-bond acceptors (Lipinski definition) is 4. The zero-order valence-electron chi connectivity index (χ0n) is 8.42. The molecule has 0 aliphatic rings. The van der Waals surface area contributed by atoms with E-state index in [9.17, 15) is 15.0 Å². The van der Waals surface area contributed by atoms with Crippen LogP contribution in [0.1, 0.15) is 27.6 Å². The van der Waals surface area contributed by atoms with Gasteiger partial charge >= 0.3 is 0 Å². The van der Waals surface area contributed by atoms with E-state index in [1.807, 2.05) is 6.92 Å². The summed E-state index contributed by atoms with van der Waals surface area (Å²) in [6.45, 7) is 1.83. The van der Waals surface area contributed by atoms with Crippen LogP contribution in [0.3, 0.4) is 0 Å². The number of aliphatic hydroxyl groups excluding tert-OH is 2. The third-order valence-corrected chi connectivity index (χ3v) is 2.53. The quantitative estimate of drug-likeness (QED) is 0.533. The van der Waals surface area contributed by atoms with Crippen molar-refractivity contribution in [1.82, 2.24) is 0 Å². The van der Waals surface area contributed by atoms with Gasteiger partial charge in [-0.15, -0.1) is 0 Å². The fourth-order valence-corrected chi connectivity index (χ4v) is 1.60. The van der Waals surface area contributed by atoms with Gasteiger partial charge in [0.1, 0.15) is 12.4 Å². The molecule has 2 N–H and O–H groups in total. The van der Waals surface area contributed by atoms with Crippen molar-refractivity contribution < 1.29 is 15.0 Å². The molecular formula is C11H14O3S. The number of rotatable bonds is 4. The van der Waals surface area contributed by atoms with Crippen molar-refractivity contribution in [1.29, 1.82) is 0 Å². The van der Waals surface area contributed by atoms with E-state index in [1.54, 1.807) is 18.2 Å². The number of thiol groups is 1. The van der Waals surface area contributed by atoms with E-state index in [4.69, 9.17) is 0 Å². The summed E-state index contributed by atoms with van der Waals surface area (Å²) >= 11 is 3.90. The van der Waals surface area contributed by atoms with Crippen LogP contribution in [0.2, 0.25) is 0 Å². The van der Waals surface area contributed by atoms with Gasteiger partial charge in [-0.25, -0.2) is 0 Å². The van der Waals surface area contributed by atoms with Crippen LogP contribution in [0.5, 0.6) is 0 Å². The maximum absolute atomic E-state index is 10.6. The van der Waals surface area contributed by atoms with E-state index >= 15 is 0 Å². The first kappa shape index (κ1) is 12.2. The van der Waals surface area contributed by atoms with Gasteiger partial charge in [0.25, 0.3) is 0 Å². The lowest BCUT2D eigenvalue weighted by atomic mass is 10.0. The maximum Gasteiger partial charge on any atom is 0.150 e. The minimum atomic E-state index is -0.999. The summed E-state index contributed by atoms with van der Waals surface area (Å²) in [5, 5.41) is 19.1. The highest BCUT2D eigenvalue weighted by Crippen LogP contribution is 2.20. The molecule has 0 heterocycles. The third-order valence-electron chi connectivity index (χ3n) is 2.15. The molecule has 3 nitrogen and oxygen atoms in total. The topological polar surface area (TPSA) is 57.5 Å². The second-order valence-corrected chi connectivity index (χ2v) is 3.85. The molecule has 0 aliphatic carbocycles. The van der Waals surface area contributed by atoms with Crippen LogP contribution >= 0.6 is 12.6 Å². The number of carbonyl (C=O) groups excluding carboxylic acids is 1. The van der Waals surface area contributed by atoms with Gasteiger partial charge in [-0.05, 0) is 24.6 Å². The smallest absolute Gasteiger partial charge is 0.150 e. The normalized spacial score (nSPS) is 14.7. The molecule has 1 aromatic rings. The van der Waals surface area contributed by atoms with Crippen LogP contribution < -0.4 is 0 Å². The van der Waals surface area contributed by atoms with Crippen molar-refractivity contribution in [3.8, 4) is 0 Å². The Balaban J connectivity index is 3.02. The van der Waals surface area contributed by atoms with E-state index < -0.39 is 12.2 Å². The highest BCUT2D eigenvalue weighted by molar-refractivity contribution is 7.80. The number of aryl methyl sites for hydroxylation is 1. The average Bonchev–Trinajstić information content (AvgIpc) is 2.26. The fraction of sp³-hybridized carbons (Fsp3) is 0.364. The number of aliphatic hydroxyl groups is 2. The Bertz CT molecular complexity index is 352. The third kappa shape index (κ3) is 3.06. The average molecular weight is 226 g/mol. The molecule has 15 heavy (non-hydrogen) atoms. The number of aldehydes is 1. The Morgan fingerprint density at radius 3 is 2.60 bits per heavy atom. The van der Waals surface area contributed by atoms with Crippen LogP contribution in [-0.2, 0) is 0 Å². The number of hydrogen-bond donors (Lipinski definition) is 3. The zero-order chi connectivity index (χ0) is 11.4. The lowest BCUT2D eigenvalue weighted by Gasteiger charge is -2.16. The molecule has 4 heteroatoms. The van der Waals surface area contributed by atoms with E-state index in [2.05, 4.69) is 12.6 Å². The first-order valence-electron chi connectivity index (χ1n) is 4.62. The number of benzene rings is 1. The fourth-order valence-electron chi connectivity index (χ4n) is 1.40. The molecule has 0 bridgehead atoms. The highest BCUT2D eigenvalue weighted by Gasteiger charge is 2.17. The van der Waals surface area contributed by atoms with Gasteiger partial charge in [-0.1, -0.05) is 11.6 Å². The van der Waals surface area contributed by atoms with Crippen LogP contribution in [0, 0.1) is 6.92 Å². The van der Waals surface area contributed by atoms with Crippen molar-refractivity contribution >= 4 is 18.9 Å². The van der Waals surface area contributed by atoms with Gasteiger partial charge in [0.15, 0.2) is 0 Å². The molecule has 0 radical (unpaired) electrons. The minimum Gasteiger partial charge on any atom is -0.389 e. The lowest BCUT2D eigenvalue weighted by Crippen LogP contribution is -2.20.